The van der Waals surface area contributed by atoms with E-state index in [1.807, 2.05) is 32.9 Å². The number of aliphatic hydroxyl groups is 1. The van der Waals surface area contributed by atoms with Crippen LogP contribution in [0.3, 0.4) is 0 Å². The van der Waals surface area contributed by atoms with Crippen molar-refractivity contribution >= 4 is 11.8 Å². The Bertz CT molecular complexity index is 560. The molecule has 0 saturated heterocycles. The minimum Gasteiger partial charge on any atom is -0.393 e. The van der Waals surface area contributed by atoms with Gasteiger partial charge >= 0.3 is 0 Å². The summed E-state index contributed by atoms with van der Waals surface area (Å²) in [5, 5.41) is 15.4. The number of hydrogen-bond acceptors (Lipinski definition) is 3. The standard InChI is InChI=1S/C19H28N2O3/c1-12(2)17(19(24)20-15-8-10-16(22)11-9-15)21-18(23)14-6-4-13(3)5-7-14/h4-7,12,15-17,22H,8-11H2,1-3H3,(H,20,24)(H,21,23). The van der Waals surface area contributed by atoms with Crippen molar-refractivity contribution in [2.75, 3.05) is 0 Å². The molecule has 1 aromatic rings. The summed E-state index contributed by atoms with van der Waals surface area (Å²) in [6.07, 6.45) is 2.74. The van der Waals surface area contributed by atoms with Crippen molar-refractivity contribution in [2.45, 2.75) is 64.6 Å². The molecule has 5 nitrogen and oxygen atoms in total. The SMILES string of the molecule is Cc1ccc(C(=O)NC(C(=O)NC2CCC(O)CC2)C(C)C)cc1. The van der Waals surface area contributed by atoms with E-state index in [1.54, 1.807) is 12.1 Å². The highest BCUT2D eigenvalue weighted by molar-refractivity contribution is 5.97. The fourth-order valence-electron chi connectivity index (χ4n) is 2.98. The van der Waals surface area contributed by atoms with Gasteiger partial charge in [0.05, 0.1) is 6.10 Å². The van der Waals surface area contributed by atoms with Crippen LogP contribution in [0.4, 0.5) is 0 Å². The molecular formula is C19H28N2O3. The predicted molar refractivity (Wildman–Crippen MR) is 93.7 cm³/mol. The molecule has 24 heavy (non-hydrogen) atoms. The molecule has 1 aromatic carbocycles. The van der Waals surface area contributed by atoms with Crippen LogP contribution in [0, 0.1) is 12.8 Å². The van der Waals surface area contributed by atoms with E-state index in [-0.39, 0.29) is 29.9 Å². The number of rotatable bonds is 5. The van der Waals surface area contributed by atoms with E-state index in [1.165, 1.54) is 0 Å². The van der Waals surface area contributed by atoms with Gasteiger partial charge in [-0.15, -0.1) is 0 Å². The summed E-state index contributed by atoms with van der Waals surface area (Å²) >= 11 is 0. The van der Waals surface area contributed by atoms with Crippen LogP contribution in [0.2, 0.25) is 0 Å². The highest BCUT2D eigenvalue weighted by Crippen LogP contribution is 2.18. The van der Waals surface area contributed by atoms with E-state index < -0.39 is 6.04 Å². The minimum absolute atomic E-state index is 0.00595. The lowest BCUT2D eigenvalue weighted by Gasteiger charge is -2.29. The van der Waals surface area contributed by atoms with Crippen LogP contribution >= 0.6 is 0 Å². The Morgan fingerprint density at radius 1 is 1.08 bits per heavy atom. The van der Waals surface area contributed by atoms with Crippen molar-refractivity contribution in [2.24, 2.45) is 5.92 Å². The molecule has 5 heteroatoms. The smallest absolute Gasteiger partial charge is 0.251 e. The summed E-state index contributed by atoms with van der Waals surface area (Å²) in [6.45, 7) is 5.81. The molecule has 132 valence electrons. The molecule has 1 unspecified atom stereocenters. The first-order valence-electron chi connectivity index (χ1n) is 8.72. The Labute approximate surface area is 143 Å². The molecule has 1 aliphatic rings. The van der Waals surface area contributed by atoms with Crippen LogP contribution in [0.15, 0.2) is 24.3 Å². The molecule has 3 N–H and O–H groups in total. The van der Waals surface area contributed by atoms with Crippen LogP contribution < -0.4 is 10.6 Å². The number of benzene rings is 1. The molecule has 1 fully saturated rings. The van der Waals surface area contributed by atoms with Crippen molar-refractivity contribution in [1.29, 1.82) is 0 Å². The zero-order valence-electron chi connectivity index (χ0n) is 14.7. The van der Waals surface area contributed by atoms with Gasteiger partial charge in [-0.1, -0.05) is 31.5 Å². The quantitative estimate of drug-likeness (QED) is 0.773. The highest BCUT2D eigenvalue weighted by atomic mass is 16.3. The van der Waals surface area contributed by atoms with E-state index in [4.69, 9.17) is 0 Å². The Hall–Kier alpha value is -1.88. The Morgan fingerprint density at radius 3 is 2.21 bits per heavy atom. The zero-order valence-corrected chi connectivity index (χ0v) is 14.7. The fraction of sp³-hybridized carbons (Fsp3) is 0.579. The molecule has 2 amide bonds. The van der Waals surface area contributed by atoms with Gasteiger partial charge in [-0.05, 0) is 50.7 Å². The molecule has 1 atom stereocenters. The summed E-state index contributed by atoms with van der Waals surface area (Å²) < 4.78 is 0. The second-order valence-corrected chi connectivity index (χ2v) is 7.08. The Morgan fingerprint density at radius 2 is 1.67 bits per heavy atom. The van der Waals surface area contributed by atoms with E-state index in [0.29, 0.717) is 18.4 Å². The normalized spacial score (nSPS) is 22.0. The average molecular weight is 332 g/mol. The molecule has 0 spiro atoms. The number of aliphatic hydroxyl groups excluding tert-OH is 1. The molecule has 0 bridgehead atoms. The average Bonchev–Trinajstić information content (AvgIpc) is 2.54. The van der Waals surface area contributed by atoms with Gasteiger partial charge in [-0.25, -0.2) is 0 Å². The van der Waals surface area contributed by atoms with Crippen molar-refractivity contribution in [3.05, 3.63) is 35.4 Å². The van der Waals surface area contributed by atoms with Crippen LogP contribution in [0.1, 0.15) is 55.5 Å². The highest BCUT2D eigenvalue weighted by Gasteiger charge is 2.28. The van der Waals surface area contributed by atoms with Crippen LogP contribution in [0.25, 0.3) is 0 Å². The topological polar surface area (TPSA) is 78.4 Å². The van der Waals surface area contributed by atoms with Crippen molar-refractivity contribution in [1.82, 2.24) is 10.6 Å². The summed E-state index contributed by atoms with van der Waals surface area (Å²) in [5.41, 5.74) is 1.64. The van der Waals surface area contributed by atoms with Crippen molar-refractivity contribution < 1.29 is 14.7 Å². The molecule has 0 radical (unpaired) electrons. The maximum atomic E-state index is 12.6. The van der Waals surface area contributed by atoms with Crippen LogP contribution in [-0.2, 0) is 4.79 Å². The molecule has 1 saturated carbocycles. The van der Waals surface area contributed by atoms with Gasteiger partial charge in [-0.3, -0.25) is 9.59 Å². The molecule has 1 aliphatic carbocycles. The predicted octanol–water partition coefficient (Wildman–Crippen LogP) is 2.17. The van der Waals surface area contributed by atoms with Gasteiger partial charge < -0.3 is 15.7 Å². The summed E-state index contributed by atoms with van der Waals surface area (Å²) in [6, 6.07) is 6.81. The van der Waals surface area contributed by atoms with Gasteiger partial charge in [0.2, 0.25) is 5.91 Å². The van der Waals surface area contributed by atoms with E-state index in [9.17, 15) is 14.7 Å². The second kappa shape index (κ2) is 8.29. The summed E-state index contributed by atoms with van der Waals surface area (Å²) in [5.74, 6) is -0.386. The largest absolute Gasteiger partial charge is 0.393 e. The van der Waals surface area contributed by atoms with Gasteiger partial charge in [0.1, 0.15) is 6.04 Å². The number of aryl methyl sites for hydroxylation is 1. The van der Waals surface area contributed by atoms with Gasteiger partial charge in [0, 0.05) is 11.6 Å². The maximum absolute atomic E-state index is 12.6. The maximum Gasteiger partial charge on any atom is 0.251 e. The van der Waals surface area contributed by atoms with Gasteiger partial charge in [-0.2, -0.15) is 0 Å². The number of hydrogen-bond donors (Lipinski definition) is 3. The number of carbonyl (C=O) groups excluding carboxylic acids is 2. The third-order valence-electron chi connectivity index (χ3n) is 4.59. The van der Waals surface area contributed by atoms with E-state index >= 15 is 0 Å². The first-order chi connectivity index (χ1) is 11.4. The lowest BCUT2D eigenvalue weighted by molar-refractivity contribution is -0.125. The van der Waals surface area contributed by atoms with E-state index in [2.05, 4.69) is 10.6 Å². The fourth-order valence-corrected chi connectivity index (χ4v) is 2.98. The van der Waals surface area contributed by atoms with Gasteiger partial charge in [0.25, 0.3) is 5.91 Å². The summed E-state index contributed by atoms with van der Waals surface area (Å²) in [4.78, 5) is 25.0. The zero-order chi connectivity index (χ0) is 17.7. The van der Waals surface area contributed by atoms with Crippen molar-refractivity contribution in [3.63, 3.8) is 0 Å². The summed E-state index contributed by atoms with van der Waals surface area (Å²) in [7, 11) is 0. The molecule has 0 aliphatic heterocycles. The third kappa shape index (κ3) is 5.06. The monoisotopic (exact) mass is 332 g/mol. The first kappa shape index (κ1) is 18.5. The number of nitrogens with one attached hydrogen (secondary N) is 2. The molecule has 0 aromatic heterocycles. The molecule has 2 rings (SSSR count). The second-order valence-electron chi connectivity index (χ2n) is 7.08. The molecular weight excluding hydrogens is 304 g/mol. The Kier molecular flexibility index (Phi) is 6.37. The lowest BCUT2D eigenvalue weighted by Crippen LogP contribution is -2.52. The first-order valence-corrected chi connectivity index (χ1v) is 8.72. The number of amides is 2. The van der Waals surface area contributed by atoms with E-state index in [0.717, 1.165) is 18.4 Å². The van der Waals surface area contributed by atoms with Crippen LogP contribution in [0.5, 0.6) is 0 Å². The van der Waals surface area contributed by atoms with Crippen molar-refractivity contribution in [3.8, 4) is 0 Å². The molecule has 0 heterocycles. The van der Waals surface area contributed by atoms with Gasteiger partial charge in [0.15, 0.2) is 0 Å². The Balaban J connectivity index is 1.96. The minimum atomic E-state index is -0.564. The number of carbonyl (C=O) groups is 2. The van der Waals surface area contributed by atoms with Crippen LogP contribution in [-0.4, -0.2) is 35.1 Å². The third-order valence-corrected chi connectivity index (χ3v) is 4.59. The lowest BCUT2D eigenvalue weighted by atomic mass is 9.92.